The van der Waals surface area contributed by atoms with Crippen molar-refractivity contribution in [2.24, 2.45) is 0 Å². The second-order valence-corrected chi connectivity index (χ2v) is 1.06. The van der Waals surface area contributed by atoms with Crippen LogP contribution in [-0.4, -0.2) is 17.1 Å². The summed E-state index contributed by atoms with van der Waals surface area (Å²) in [7, 11) is 4.53. The molecule has 0 aromatic rings. The molecule has 0 unspecified atom stereocenters. The molecule has 0 aromatic heterocycles. The van der Waals surface area contributed by atoms with Gasteiger partial charge in [-0.2, -0.15) is 0 Å². The van der Waals surface area contributed by atoms with E-state index < -0.39 is 12.0 Å². The van der Waals surface area contributed by atoms with Crippen LogP contribution in [0.15, 0.2) is 0 Å². The minimum absolute atomic E-state index is 0. The number of carboxylic acid groups (broad SMARTS) is 1. The molecule has 0 rings (SSSR count). The van der Waals surface area contributed by atoms with Gasteiger partial charge in [0.05, 0.1) is 0 Å². The second kappa shape index (κ2) is 11.2. The Morgan fingerprint density at radius 1 is 1.78 bits per heavy atom. The summed E-state index contributed by atoms with van der Waals surface area (Å²) in [4.78, 5) is 9.51. The molecule has 0 aromatic carbocycles. The molecule has 0 aliphatic heterocycles. The fourth-order valence-corrected chi connectivity index (χ4v) is 0. The first-order chi connectivity index (χ1) is 3.64. The Labute approximate surface area is 69.3 Å². The zero-order chi connectivity index (χ0) is 7.15. The van der Waals surface area contributed by atoms with Crippen LogP contribution in [0.2, 0.25) is 0 Å². The van der Waals surface area contributed by atoms with Crippen LogP contribution in [0, 0.1) is 7.43 Å². The predicted molar refractivity (Wildman–Crippen MR) is 33.7 cm³/mol. The van der Waals surface area contributed by atoms with E-state index in [1.807, 2.05) is 17.3 Å². The molecule has 0 heterocycles. The SMILES string of the molecule is C[C@H]([NH-])C(=O)O.[CH3-].[Cl][Rh+2]. The van der Waals surface area contributed by atoms with Crippen LogP contribution in [-0.2, 0) is 22.1 Å². The van der Waals surface area contributed by atoms with Crippen molar-refractivity contribution in [1.29, 1.82) is 0 Å². The molecule has 0 aliphatic rings. The van der Waals surface area contributed by atoms with Gasteiger partial charge in [0.15, 0.2) is 0 Å². The van der Waals surface area contributed by atoms with E-state index in [9.17, 15) is 4.79 Å². The van der Waals surface area contributed by atoms with E-state index in [0.29, 0.717) is 0 Å². The molecule has 58 valence electrons. The Balaban J connectivity index is -0.000000109. The van der Waals surface area contributed by atoms with Gasteiger partial charge < -0.3 is 18.3 Å². The zero-order valence-corrected chi connectivity index (χ0v) is 7.54. The minimum atomic E-state index is -1.07. The van der Waals surface area contributed by atoms with E-state index in [4.69, 9.17) is 10.8 Å². The van der Waals surface area contributed by atoms with Crippen molar-refractivity contribution in [3.63, 3.8) is 0 Å². The molecular weight excluding hydrogens is 232 g/mol. The maximum atomic E-state index is 9.51. The van der Waals surface area contributed by atoms with Crippen LogP contribution in [0.5, 0.6) is 0 Å². The van der Waals surface area contributed by atoms with Crippen LogP contribution in [0.3, 0.4) is 0 Å². The molecule has 0 radical (unpaired) electrons. The first-order valence-corrected chi connectivity index (χ1v) is 3.82. The monoisotopic (exact) mass is 241 g/mol. The number of hydrogen-bond donors (Lipinski definition) is 1. The fourth-order valence-electron chi connectivity index (χ4n) is 0. The summed E-state index contributed by atoms with van der Waals surface area (Å²) in [5, 5.41) is 7.80. The van der Waals surface area contributed by atoms with Crippen molar-refractivity contribution in [2.45, 2.75) is 13.0 Å². The molecule has 5 heteroatoms. The average Bonchev–Trinajstić information content (AvgIpc) is 1.72. The van der Waals surface area contributed by atoms with E-state index in [2.05, 4.69) is 9.69 Å². The Bertz CT molecular complexity index is 69.6. The van der Waals surface area contributed by atoms with Crippen molar-refractivity contribution >= 4 is 15.7 Å². The van der Waals surface area contributed by atoms with Crippen molar-refractivity contribution in [2.75, 3.05) is 0 Å². The maximum absolute atomic E-state index is 9.51. The molecule has 0 saturated heterocycles. The Hall–Kier alpha value is 0.343. The quantitative estimate of drug-likeness (QED) is 0.560. The van der Waals surface area contributed by atoms with Gasteiger partial charge in [0.25, 0.3) is 5.97 Å². The van der Waals surface area contributed by atoms with Crippen LogP contribution in [0.4, 0.5) is 0 Å². The molecule has 2 N–H and O–H groups in total. The third-order valence-electron chi connectivity index (χ3n) is 0.370. The summed E-state index contributed by atoms with van der Waals surface area (Å²) in [6, 6.07) is -0.981. The van der Waals surface area contributed by atoms with Crippen LogP contribution >= 0.6 is 9.69 Å². The Kier molecular flexibility index (Phi) is 20.1. The first-order valence-electron chi connectivity index (χ1n) is 1.71. The average molecular weight is 241 g/mol. The molecule has 1 atom stereocenters. The molecule has 0 aliphatic carbocycles. The van der Waals surface area contributed by atoms with Gasteiger partial charge in [0.1, 0.15) is 0 Å². The molecule has 0 saturated carbocycles. The predicted octanol–water partition coefficient (Wildman–Crippen LogP) is 1.65. The summed E-state index contributed by atoms with van der Waals surface area (Å²) in [5.74, 6) is -1.07. The van der Waals surface area contributed by atoms with Crippen LogP contribution < -0.4 is 0 Å². The fraction of sp³-hybridized carbons (Fsp3) is 0.500. The van der Waals surface area contributed by atoms with E-state index in [1.54, 1.807) is 0 Å². The first kappa shape index (κ1) is 16.2. The zero-order valence-electron chi connectivity index (χ0n) is 5.14. The Morgan fingerprint density at radius 2 is 1.89 bits per heavy atom. The summed E-state index contributed by atoms with van der Waals surface area (Å²) in [6.45, 7) is 1.31. The van der Waals surface area contributed by atoms with E-state index in [1.165, 1.54) is 6.92 Å². The molecule has 9 heavy (non-hydrogen) atoms. The van der Waals surface area contributed by atoms with Crippen molar-refractivity contribution in [1.82, 2.24) is 0 Å². The molecule has 0 amide bonds. The van der Waals surface area contributed by atoms with Gasteiger partial charge in [0, 0.05) is 0 Å². The van der Waals surface area contributed by atoms with E-state index in [-0.39, 0.29) is 7.43 Å². The molecular formula is C4H9ClNO2Rh. The van der Waals surface area contributed by atoms with Crippen LogP contribution in [0.25, 0.3) is 5.73 Å². The van der Waals surface area contributed by atoms with Crippen LogP contribution in [0.1, 0.15) is 6.92 Å². The van der Waals surface area contributed by atoms with Gasteiger partial charge in [-0.05, 0) is 6.04 Å². The third-order valence-corrected chi connectivity index (χ3v) is 0.370. The molecule has 0 spiro atoms. The molecule has 0 bridgehead atoms. The number of nitrogens with one attached hydrogen (secondary N) is 1. The van der Waals surface area contributed by atoms with Gasteiger partial charge in [0.2, 0.25) is 0 Å². The van der Waals surface area contributed by atoms with Gasteiger partial charge in [-0.1, -0.05) is 6.92 Å². The summed E-state index contributed by atoms with van der Waals surface area (Å²) < 4.78 is 0. The number of rotatable bonds is 1. The molecule has 0 fully saturated rings. The number of hydrogen-bond acceptors (Lipinski definition) is 1. The van der Waals surface area contributed by atoms with Crippen molar-refractivity contribution in [3.05, 3.63) is 13.2 Å². The topological polar surface area (TPSA) is 61.1 Å². The summed E-state index contributed by atoms with van der Waals surface area (Å²) in [5.41, 5.74) is 6.43. The van der Waals surface area contributed by atoms with Gasteiger partial charge in [-0.25, -0.2) is 0 Å². The van der Waals surface area contributed by atoms with Gasteiger partial charge in [-0.3, -0.25) is 4.79 Å². The second-order valence-electron chi connectivity index (χ2n) is 1.06. The van der Waals surface area contributed by atoms with E-state index >= 15 is 0 Å². The number of halogens is 1. The summed E-state index contributed by atoms with van der Waals surface area (Å²) in [6.07, 6.45) is 0. The summed E-state index contributed by atoms with van der Waals surface area (Å²) >= 11 is 2.02. The normalized spacial score (nSPS) is 9.78. The van der Waals surface area contributed by atoms with Gasteiger partial charge in [-0.15, -0.1) is 0 Å². The third kappa shape index (κ3) is 17.8. The van der Waals surface area contributed by atoms with E-state index in [0.717, 1.165) is 0 Å². The standard InChI is InChI=1S/C3H6NO2.CH3.ClH.Rh/c1-2(4)3(5)6;;;/h2,4H,1H3,(H,5,6);1H3;1H;/q2*-1;;+3/p-1/t2-;;;/m0.../s1. The van der Waals surface area contributed by atoms with Gasteiger partial charge >= 0.3 is 27.0 Å². The number of carboxylic acids is 1. The number of aliphatic carboxylic acids is 1. The molecule has 3 nitrogen and oxygen atoms in total. The Morgan fingerprint density at radius 3 is 1.89 bits per heavy atom. The van der Waals surface area contributed by atoms with Crippen molar-refractivity contribution < 1.29 is 27.2 Å². The van der Waals surface area contributed by atoms with Crippen molar-refractivity contribution in [3.8, 4) is 0 Å². The number of carbonyl (C=O) groups is 1.